The highest BCUT2D eigenvalue weighted by molar-refractivity contribution is 9.10. The van der Waals surface area contributed by atoms with Gasteiger partial charge in [0, 0.05) is 9.17 Å². The van der Waals surface area contributed by atoms with Crippen LogP contribution in [0.15, 0.2) is 53.0 Å². The predicted octanol–water partition coefficient (Wildman–Crippen LogP) is 5.22. The molecule has 0 bridgehead atoms. The Hall–Kier alpha value is -1.65. The topological polar surface area (TPSA) is 29.1 Å². The van der Waals surface area contributed by atoms with Gasteiger partial charge in [0.05, 0.1) is 10.6 Å². The highest BCUT2D eigenvalue weighted by atomic mass is 79.9. The number of thiophene rings is 1. The van der Waals surface area contributed by atoms with Gasteiger partial charge in [-0.15, -0.1) is 11.3 Å². The minimum atomic E-state index is -0.0734. The van der Waals surface area contributed by atoms with Crippen LogP contribution >= 0.6 is 27.3 Å². The van der Waals surface area contributed by atoms with Crippen molar-refractivity contribution in [1.82, 2.24) is 0 Å². The van der Waals surface area contributed by atoms with E-state index in [4.69, 9.17) is 0 Å². The van der Waals surface area contributed by atoms with Crippen LogP contribution in [0, 0.1) is 6.92 Å². The molecule has 1 amide bonds. The van der Waals surface area contributed by atoms with Gasteiger partial charge < -0.3 is 5.32 Å². The molecular weight excluding hydrogens is 334 g/mol. The minimum Gasteiger partial charge on any atom is -0.320 e. The molecule has 0 unspecified atom stereocenters. The lowest BCUT2D eigenvalue weighted by Gasteiger charge is -2.06. The van der Waals surface area contributed by atoms with Crippen LogP contribution in [0.1, 0.15) is 15.2 Å². The van der Waals surface area contributed by atoms with E-state index in [9.17, 15) is 4.79 Å². The van der Waals surface area contributed by atoms with Crippen molar-refractivity contribution in [1.29, 1.82) is 0 Å². The first-order chi connectivity index (χ1) is 9.63. The van der Waals surface area contributed by atoms with E-state index in [0.29, 0.717) is 0 Å². The Labute approximate surface area is 129 Å². The summed E-state index contributed by atoms with van der Waals surface area (Å²) in [5.41, 5.74) is 1.94. The number of nitrogens with one attached hydrogen (secondary N) is 1. The number of anilines is 1. The Balaban J connectivity index is 1.89. The summed E-state index contributed by atoms with van der Waals surface area (Å²) in [5.74, 6) is -0.0734. The number of hydrogen-bond donors (Lipinski definition) is 1. The van der Waals surface area contributed by atoms with Gasteiger partial charge in [-0.05, 0) is 58.1 Å². The molecule has 1 N–H and O–H groups in total. The van der Waals surface area contributed by atoms with Crippen LogP contribution in [0.4, 0.5) is 5.69 Å². The molecule has 0 aliphatic heterocycles. The van der Waals surface area contributed by atoms with E-state index in [1.54, 1.807) is 0 Å². The normalized spacial score (nSPS) is 10.7. The van der Waals surface area contributed by atoms with Crippen molar-refractivity contribution in [3.05, 3.63) is 63.4 Å². The van der Waals surface area contributed by atoms with E-state index in [-0.39, 0.29) is 5.91 Å². The standard InChI is InChI=1S/C16H12BrNOS/c1-10-6-7-13(12(17)8-10)18-16(19)15-9-11-4-2-3-5-14(11)20-15/h2-9H,1H3,(H,18,19). The fourth-order valence-corrected chi connectivity index (χ4v) is 3.55. The summed E-state index contributed by atoms with van der Waals surface area (Å²) < 4.78 is 2.02. The van der Waals surface area contributed by atoms with Crippen LogP contribution in [-0.4, -0.2) is 5.91 Å². The fraction of sp³-hybridized carbons (Fsp3) is 0.0625. The lowest BCUT2D eigenvalue weighted by molar-refractivity contribution is 0.103. The minimum absolute atomic E-state index is 0.0734. The first-order valence-electron chi connectivity index (χ1n) is 6.19. The van der Waals surface area contributed by atoms with E-state index in [2.05, 4.69) is 21.2 Å². The summed E-state index contributed by atoms with van der Waals surface area (Å²) in [4.78, 5) is 13.0. The maximum Gasteiger partial charge on any atom is 0.265 e. The molecule has 0 atom stereocenters. The predicted molar refractivity (Wildman–Crippen MR) is 88.7 cm³/mol. The number of fused-ring (bicyclic) bond motifs is 1. The lowest BCUT2D eigenvalue weighted by Crippen LogP contribution is -2.10. The quantitative estimate of drug-likeness (QED) is 0.677. The molecule has 0 saturated carbocycles. The zero-order valence-electron chi connectivity index (χ0n) is 10.8. The number of hydrogen-bond acceptors (Lipinski definition) is 2. The lowest BCUT2D eigenvalue weighted by atomic mass is 10.2. The zero-order chi connectivity index (χ0) is 14.1. The molecule has 0 spiro atoms. The second kappa shape index (κ2) is 5.38. The Kier molecular flexibility index (Phi) is 3.59. The molecule has 2 aromatic carbocycles. The molecule has 1 aromatic heterocycles. The number of halogens is 1. The molecular formula is C16H12BrNOS. The maximum atomic E-state index is 12.3. The number of carbonyl (C=O) groups excluding carboxylic acids is 1. The molecule has 100 valence electrons. The van der Waals surface area contributed by atoms with Crippen LogP contribution in [0.5, 0.6) is 0 Å². The van der Waals surface area contributed by atoms with Crippen LogP contribution in [-0.2, 0) is 0 Å². The number of rotatable bonds is 2. The molecule has 0 aliphatic rings. The number of carbonyl (C=O) groups is 1. The van der Waals surface area contributed by atoms with Crippen molar-refractivity contribution in [2.75, 3.05) is 5.32 Å². The second-order valence-electron chi connectivity index (χ2n) is 4.59. The summed E-state index contributed by atoms with van der Waals surface area (Å²) >= 11 is 4.98. The van der Waals surface area contributed by atoms with E-state index in [1.807, 2.05) is 55.5 Å². The molecule has 3 rings (SSSR count). The molecule has 20 heavy (non-hydrogen) atoms. The van der Waals surface area contributed by atoms with Gasteiger partial charge in [0.1, 0.15) is 0 Å². The number of benzene rings is 2. The molecule has 0 aliphatic carbocycles. The summed E-state index contributed by atoms with van der Waals surface area (Å²) in [6.45, 7) is 2.02. The molecule has 0 fully saturated rings. The van der Waals surface area contributed by atoms with Gasteiger partial charge >= 0.3 is 0 Å². The second-order valence-corrected chi connectivity index (χ2v) is 6.52. The summed E-state index contributed by atoms with van der Waals surface area (Å²) in [7, 11) is 0. The Morgan fingerprint density at radius 3 is 2.70 bits per heavy atom. The van der Waals surface area contributed by atoms with Crippen molar-refractivity contribution < 1.29 is 4.79 Å². The van der Waals surface area contributed by atoms with Crippen LogP contribution in [0.25, 0.3) is 10.1 Å². The van der Waals surface area contributed by atoms with Crippen molar-refractivity contribution in [3.63, 3.8) is 0 Å². The largest absolute Gasteiger partial charge is 0.320 e. The van der Waals surface area contributed by atoms with Crippen molar-refractivity contribution in [2.45, 2.75) is 6.92 Å². The van der Waals surface area contributed by atoms with Gasteiger partial charge in [-0.1, -0.05) is 24.3 Å². The van der Waals surface area contributed by atoms with Crippen molar-refractivity contribution >= 4 is 48.9 Å². The first kappa shape index (κ1) is 13.3. The Morgan fingerprint density at radius 1 is 1.15 bits per heavy atom. The molecule has 4 heteroatoms. The smallest absolute Gasteiger partial charge is 0.265 e. The van der Waals surface area contributed by atoms with E-state index in [0.717, 1.165) is 30.7 Å². The first-order valence-corrected chi connectivity index (χ1v) is 7.80. The average molecular weight is 346 g/mol. The SMILES string of the molecule is Cc1ccc(NC(=O)c2cc3ccccc3s2)c(Br)c1. The zero-order valence-corrected chi connectivity index (χ0v) is 13.2. The third-order valence-electron chi connectivity index (χ3n) is 3.02. The molecule has 2 nitrogen and oxygen atoms in total. The van der Waals surface area contributed by atoms with Gasteiger partial charge in [0.25, 0.3) is 5.91 Å². The third kappa shape index (κ3) is 2.62. The van der Waals surface area contributed by atoms with Crippen LogP contribution in [0.2, 0.25) is 0 Å². The summed E-state index contributed by atoms with van der Waals surface area (Å²) in [6, 6.07) is 15.8. The Morgan fingerprint density at radius 2 is 1.95 bits per heavy atom. The number of amides is 1. The van der Waals surface area contributed by atoms with Crippen molar-refractivity contribution in [3.8, 4) is 0 Å². The van der Waals surface area contributed by atoms with Gasteiger partial charge in [-0.3, -0.25) is 4.79 Å². The molecule has 0 radical (unpaired) electrons. The van der Waals surface area contributed by atoms with Gasteiger partial charge in [0.2, 0.25) is 0 Å². The van der Waals surface area contributed by atoms with Crippen molar-refractivity contribution in [2.24, 2.45) is 0 Å². The monoisotopic (exact) mass is 345 g/mol. The van der Waals surface area contributed by atoms with Gasteiger partial charge in [-0.2, -0.15) is 0 Å². The highest BCUT2D eigenvalue weighted by Gasteiger charge is 2.11. The summed E-state index contributed by atoms with van der Waals surface area (Å²) in [5, 5.41) is 4.04. The maximum absolute atomic E-state index is 12.3. The molecule has 1 heterocycles. The van der Waals surface area contributed by atoms with Crippen LogP contribution < -0.4 is 5.32 Å². The molecule has 3 aromatic rings. The summed E-state index contributed by atoms with van der Waals surface area (Å²) in [6.07, 6.45) is 0. The van der Waals surface area contributed by atoms with Gasteiger partial charge in [0.15, 0.2) is 0 Å². The van der Waals surface area contributed by atoms with E-state index < -0.39 is 0 Å². The third-order valence-corrected chi connectivity index (χ3v) is 4.79. The number of aryl methyl sites for hydroxylation is 1. The molecule has 0 saturated heterocycles. The van der Waals surface area contributed by atoms with Crippen LogP contribution in [0.3, 0.4) is 0 Å². The fourth-order valence-electron chi connectivity index (χ4n) is 2.00. The van der Waals surface area contributed by atoms with E-state index >= 15 is 0 Å². The van der Waals surface area contributed by atoms with Gasteiger partial charge in [-0.25, -0.2) is 0 Å². The Bertz CT molecular complexity index is 761. The highest BCUT2D eigenvalue weighted by Crippen LogP contribution is 2.28. The van der Waals surface area contributed by atoms with E-state index in [1.165, 1.54) is 11.3 Å². The average Bonchev–Trinajstić information content (AvgIpc) is 2.86.